The van der Waals surface area contributed by atoms with Crippen LogP contribution in [-0.2, 0) is 9.59 Å². The van der Waals surface area contributed by atoms with Crippen molar-refractivity contribution in [2.45, 2.75) is 212 Å². The Morgan fingerprint density at radius 2 is 0.814 bits per heavy atom. The predicted octanol–water partition coefficient (Wildman–Crippen LogP) is 11.2. The van der Waals surface area contributed by atoms with Gasteiger partial charge in [-0.05, 0) is 32.1 Å². The van der Waals surface area contributed by atoms with Gasteiger partial charge in [0.2, 0.25) is 0 Å². The standard InChI is InChI=1S/C38H74N2O3/c1-3-4-5-6-7-8-9-10-11-12-13-14-15-16-17-18-19-20-21-22-23-24-25-26-27-28-29-30-31-32-33-34-36(41)35(2)38(39,40)37(42)43/h26-27,35H,3-25,28-34,39-40H2,1-2H3,(H,42,43). The van der Waals surface area contributed by atoms with Crippen LogP contribution in [0.5, 0.6) is 0 Å². The summed E-state index contributed by atoms with van der Waals surface area (Å²) in [5.41, 5.74) is 9.14. The van der Waals surface area contributed by atoms with Gasteiger partial charge in [0.25, 0.3) is 0 Å². The predicted molar refractivity (Wildman–Crippen MR) is 186 cm³/mol. The molecule has 0 aliphatic rings. The van der Waals surface area contributed by atoms with Crippen molar-refractivity contribution in [2.24, 2.45) is 17.4 Å². The number of carboxylic acid groups (broad SMARTS) is 1. The van der Waals surface area contributed by atoms with Gasteiger partial charge in [0, 0.05) is 6.42 Å². The summed E-state index contributed by atoms with van der Waals surface area (Å²) >= 11 is 0. The molecule has 5 heteroatoms. The average molecular weight is 607 g/mol. The number of carboxylic acids is 1. The third-order valence-corrected chi connectivity index (χ3v) is 9.25. The molecule has 1 unspecified atom stereocenters. The van der Waals surface area contributed by atoms with Crippen molar-refractivity contribution in [1.82, 2.24) is 0 Å². The quantitative estimate of drug-likeness (QED) is 0.0384. The van der Waals surface area contributed by atoms with Gasteiger partial charge in [0.15, 0.2) is 5.66 Å². The Hall–Kier alpha value is -1.20. The molecule has 0 fully saturated rings. The molecule has 0 aromatic carbocycles. The molecule has 0 bridgehead atoms. The van der Waals surface area contributed by atoms with Crippen LogP contribution in [0.1, 0.15) is 206 Å². The average Bonchev–Trinajstić information content (AvgIpc) is 2.99. The highest BCUT2D eigenvalue weighted by Crippen LogP contribution is 2.17. The minimum absolute atomic E-state index is 0.161. The maximum absolute atomic E-state index is 12.1. The van der Waals surface area contributed by atoms with E-state index in [1.807, 2.05) is 0 Å². The first-order chi connectivity index (χ1) is 20.8. The lowest BCUT2D eigenvalue weighted by Crippen LogP contribution is -2.62. The lowest BCUT2D eigenvalue weighted by molar-refractivity contribution is -0.148. The van der Waals surface area contributed by atoms with Crippen LogP contribution in [-0.4, -0.2) is 22.5 Å². The van der Waals surface area contributed by atoms with Crippen molar-refractivity contribution < 1.29 is 14.7 Å². The lowest BCUT2D eigenvalue weighted by atomic mass is 9.89. The number of ketones is 1. The van der Waals surface area contributed by atoms with Crippen molar-refractivity contribution in [1.29, 1.82) is 0 Å². The van der Waals surface area contributed by atoms with E-state index in [4.69, 9.17) is 16.6 Å². The minimum atomic E-state index is -1.98. The second-order valence-corrected chi connectivity index (χ2v) is 13.4. The van der Waals surface area contributed by atoms with Gasteiger partial charge in [0.05, 0.1) is 5.92 Å². The van der Waals surface area contributed by atoms with E-state index in [1.165, 1.54) is 167 Å². The van der Waals surface area contributed by atoms with Gasteiger partial charge in [-0.3, -0.25) is 4.79 Å². The number of Topliss-reactive ketones (excluding diaryl/α,β-unsaturated/α-hetero) is 1. The van der Waals surface area contributed by atoms with Gasteiger partial charge in [-0.1, -0.05) is 180 Å². The van der Waals surface area contributed by atoms with Gasteiger partial charge in [-0.15, -0.1) is 0 Å². The first-order valence-corrected chi connectivity index (χ1v) is 18.8. The molecular formula is C38H74N2O3. The number of hydrogen-bond acceptors (Lipinski definition) is 4. The Balaban J connectivity index is 3.27. The van der Waals surface area contributed by atoms with E-state index in [2.05, 4.69) is 19.1 Å². The Morgan fingerprint density at radius 1 is 0.535 bits per heavy atom. The fourth-order valence-corrected chi connectivity index (χ4v) is 5.87. The van der Waals surface area contributed by atoms with Crippen LogP contribution in [0.2, 0.25) is 0 Å². The zero-order valence-electron chi connectivity index (χ0n) is 28.9. The highest BCUT2D eigenvalue weighted by atomic mass is 16.4. The molecule has 0 saturated heterocycles. The Bertz CT molecular complexity index is 662. The van der Waals surface area contributed by atoms with E-state index in [1.54, 1.807) is 0 Å². The van der Waals surface area contributed by atoms with Gasteiger partial charge >= 0.3 is 5.97 Å². The van der Waals surface area contributed by atoms with Crippen LogP contribution >= 0.6 is 0 Å². The van der Waals surface area contributed by atoms with Crippen LogP contribution in [0.4, 0.5) is 0 Å². The van der Waals surface area contributed by atoms with Crippen LogP contribution in [0.3, 0.4) is 0 Å². The van der Waals surface area contributed by atoms with E-state index < -0.39 is 17.6 Å². The molecule has 43 heavy (non-hydrogen) atoms. The third kappa shape index (κ3) is 26.9. The molecule has 0 aliphatic heterocycles. The zero-order valence-corrected chi connectivity index (χ0v) is 28.9. The molecule has 254 valence electrons. The van der Waals surface area contributed by atoms with Crippen molar-refractivity contribution in [3.8, 4) is 0 Å². The largest absolute Gasteiger partial charge is 0.479 e. The molecule has 0 radical (unpaired) electrons. The molecular weight excluding hydrogens is 532 g/mol. The van der Waals surface area contributed by atoms with Gasteiger partial charge in [-0.25, -0.2) is 4.79 Å². The Kier molecular flexibility index (Phi) is 30.0. The highest BCUT2D eigenvalue weighted by Gasteiger charge is 2.39. The number of carbonyl (C=O) groups is 2. The van der Waals surface area contributed by atoms with Gasteiger partial charge < -0.3 is 16.6 Å². The van der Waals surface area contributed by atoms with E-state index in [-0.39, 0.29) is 5.78 Å². The SMILES string of the molecule is CCCCCCCCCCCCCCCCCCCCCCCCC=CCCCCCCCC(=O)C(C)C(N)(N)C(=O)O. The Morgan fingerprint density at radius 3 is 1.12 bits per heavy atom. The van der Waals surface area contributed by atoms with Gasteiger partial charge in [-0.2, -0.15) is 0 Å². The van der Waals surface area contributed by atoms with Crippen molar-refractivity contribution in [3.63, 3.8) is 0 Å². The lowest BCUT2D eigenvalue weighted by Gasteiger charge is -2.25. The number of carbonyl (C=O) groups excluding carboxylic acids is 1. The molecule has 0 saturated carbocycles. The molecule has 0 aromatic rings. The molecule has 0 heterocycles. The molecule has 1 atom stereocenters. The second kappa shape index (κ2) is 30.8. The molecule has 5 nitrogen and oxygen atoms in total. The number of unbranched alkanes of at least 4 members (excludes halogenated alkanes) is 27. The third-order valence-electron chi connectivity index (χ3n) is 9.25. The van der Waals surface area contributed by atoms with Crippen molar-refractivity contribution in [2.75, 3.05) is 0 Å². The number of rotatable bonds is 34. The van der Waals surface area contributed by atoms with Crippen molar-refractivity contribution >= 4 is 11.8 Å². The fraction of sp³-hybridized carbons (Fsp3) is 0.895. The van der Waals surface area contributed by atoms with Crippen LogP contribution < -0.4 is 11.5 Å². The fourth-order valence-electron chi connectivity index (χ4n) is 5.87. The summed E-state index contributed by atoms with van der Waals surface area (Å²) in [7, 11) is 0. The van der Waals surface area contributed by atoms with E-state index in [0.29, 0.717) is 6.42 Å². The number of allylic oxidation sites excluding steroid dienone is 2. The Labute approximate surface area is 267 Å². The maximum Gasteiger partial charge on any atom is 0.339 e. The molecule has 0 spiro atoms. The van der Waals surface area contributed by atoms with E-state index in [9.17, 15) is 9.59 Å². The molecule has 5 N–H and O–H groups in total. The monoisotopic (exact) mass is 607 g/mol. The van der Waals surface area contributed by atoms with Crippen LogP contribution in [0, 0.1) is 5.92 Å². The summed E-state index contributed by atoms with van der Waals surface area (Å²) in [6.45, 7) is 3.80. The number of aliphatic carboxylic acids is 1. The summed E-state index contributed by atoms with van der Waals surface area (Å²) < 4.78 is 0. The summed E-state index contributed by atoms with van der Waals surface area (Å²) in [5, 5.41) is 9.04. The molecule has 0 aliphatic carbocycles. The normalized spacial score (nSPS) is 12.7. The summed E-state index contributed by atoms with van der Waals surface area (Å²) in [6, 6.07) is 0. The minimum Gasteiger partial charge on any atom is -0.479 e. The summed E-state index contributed by atoms with van der Waals surface area (Å²) in [4.78, 5) is 23.2. The van der Waals surface area contributed by atoms with Crippen LogP contribution in [0.25, 0.3) is 0 Å². The summed E-state index contributed by atoms with van der Waals surface area (Å²) in [6.07, 6.45) is 44.1. The topological polar surface area (TPSA) is 106 Å². The van der Waals surface area contributed by atoms with Crippen molar-refractivity contribution in [3.05, 3.63) is 12.2 Å². The number of hydrogen-bond donors (Lipinski definition) is 3. The first kappa shape index (κ1) is 41.8. The zero-order chi connectivity index (χ0) is 31.9. The van der Waals surface area contributed by atoms with E-state index in [0.717, 1.165) is 25.7 Å². The molecule has 0 rings (SSSR count). The second-order valence-electron chi connectivity index (χ2n) is 13.4. The highest BCUT2D eigenvalue weighted by molar-refractivity contribution is 5.90. The molecule has 0 amide bonds. The van der Waals surface area contributed by atoms with Gasteiger partial charge in [0.1, 0.15) is 5.78 Å². The van der Waals surface area contributed by atoms with E-state index >= 15 is 0 Å². The van der Waals surface area contributed by atoms with Crippen LogP contribution in [0.15, 0.2) is 12.2 Å². The summed E-state index contributed by atoms with van der Waals surface area (Å²) in [5.74, 6) is -2.37. The molecule has 0 aromatic heterocycles. The first-order valence-electron chi connectivity index (χ1n) is 18.8. The number of nitrogens with two attached hydrogens (primary N) is 2. The maximum atomic E-state index is 12.1. The smallest absolute Gasteiger partial charge is 0.339 e.